The van der Waals surface area contributed by atoms with Crippen LogP contribution < -0.4 is 5.73 Å². The summed E-state index contributed by atoms with van der Waals surface area (Å²) in [6.07, 6.45) is 7.78. The first-order valence-corrected chi connectivity index (χ1v) is 7.05. The molecular weight excluding hydrogens is 216 g/mol. The van der Waals surface area contributed by atoms with Crippen molar-refractivity contribution in [2.45, 2.75) is 45.4 Å². The molecule has 2 aliphatic rings. The van der Waals surface area contributed by atoms with Crippen LogP contribution in [0, 0.1) is 11.3 Å². The molecule has 0 amide bonds. The van der Waals surface area contributed by atoms with Gasteiger partial charge >= 0.3 is 0 Å². The largest absolute Gasteiger partial charge is 0.393 e. The fraction of sp³-hybridized carbons (Fsp3) is 0.923. The zero-order valence-corrected chi connectivity index (χ0v) is 11.2. The van der Waals surface area contributed by atoms with Gasteiger partial charge in [-0.3, -0.25) is 0 Å². The van der Waals surface area contributed by atoms with E-state index in [1.54, 1.807) is 0 Å². The zero-order chi connectivity index (χ0) is 11.6. The van der Waals surface area contributed by atoms with E-state index in [1.807, 2.05) is 0 Å². The summed E-state index contributed by atoms with van der Waals surface area (Å²) >= 11 is 5.06. The number of nitrogens with two attached hydrogens (primary N) is 1. The predicted molar refractivity (Wildman–Crippen MR) is 72.5 cm³/mol. The van der Waals surface area contributed by atoms with Gasteiger partial charge in [-0.25, -0.2) is 0 Å². The van der Waals surface area contributed by atoms with Crippen molar-refractivity contribution in [2.75, 3.05) is 19.6 Å². The maximum absolute atomic E-state index is 5.69. The highest BCUT2D eigenvalue weighted by atomic mass is 32.1. The van der Waals surface area contributed by atoms with E-state index in [0.717, 1.165) is 12.3 Å². The summed E-state index contributed by atoms with van der Waals surface area (Å²) in [5.74, 6) is 0.993. The Morgan fingerprint density at radius 1 is 1.44 bits per heavy atom. The molecule has 2 aliphatic carbocycles. The van der Waals surface area contributed by atoms with Gasteiger partial charge < -0.3 is 10.6 Å². The molecular formula is C13H24N2S. The van der Waals surface area contributed by atoms with E-state index in [-0.39, 0.29) is 0 Å². The average molecular weight is 240 g/mol. The second-order valence-corrected chi connectivity index (χ2v) is 6.35. The van der Waals surface area contributed by atoms with E-state index in [9.17, 15) is 0 Å². The van der Waals surface area contributed by atoms with E-state index in [4.69, 9.17) is 18.0 Å². The minimum absolute atomic E-state index is 0.468. The van der Waals surface area contributed by atoms with Crippen LogP contribution in [0.25, 0.3) is 0 Å². The third kappa shape index (κ3) is 3.70. The zero-order valence-electron chi connectivity index (χ0n) is 10.4. The maximum Gasteiger partial charge on any atom is 0.0733 e. The lowest BCUT2D eigenvalue weighted by atomic mass is 10.0. The summed E-state index contributed by atoms with van der Waals surface area (Å²) in [6.45, 7) is 6.06. The first-order chi connectivity index (χ1) is 7.63. The van der Waals surface area contributed by atoms with Gasteiger partial charge in [-0.15, -0.1) is 0 Å². The monoisotopic (exact) mass is 240 g/mol. The summed E-state index contributed by atoms with van der Waals surface area (Å²) in [6, 6.07) is 0. The van der Waals surface area contributed by atoms with E-state index < -0.39 is 0 Å². The molecule has 2 rings (SSSR count). The Hall–Kier alpha value is -0.150. The third-order valence-electron chi connectivity index (χ3n) is 3.82. The molecule has 0 saturated heterocycles. The van der Waals surface area contributed by atoms with Crippen LogP contribution in [0.2, 0.25) is 0 Å². The van der Waals surface area contributed by atoms with Gasteiger partial charge in [-0.2, -0.15) is 0 Å². The molecule has 0 heterocycles. The third-order valence-corrected chi connectivity index (χ3v) is 3.96. The highest BCUT2D eigenvalue weighted by molar-refractivity contribution is 7.80. The van der Waals surface area contributed by atoms with Crippen molar-refractivity contribution in [1.82, 2.24) is 4.90 Å². The van der Waals surface area contributed by atoms with Crippen molar-refractivity contribution >= 4 is 17.2 Å². The molecule has 0 aromatic rings. The van der Waals surface area contributed by atoms with Crippen LogP contribution in [0.1, 0.15) is 45.4 Å². The van der Waals surface area contributed by atoms with Gasteiger partial charge in [0, 0.05) is 19.5 Å². The molecule has 0 aliphatic heterocycles. The average Bonchev–Trinajstić information content (AvgIpc) is 3.04. The first-order valence-electron chi connectivity index (χ1n) is 6.64. The molecule has 92 valence electrons. The summed E-state index contributed by atoms with van der Waals surface area (Å²) in [5.41, 5.74) is 6.16. The molecule has 2 nitrogen and oxygen atoms in total. The SMILES string of the molecule is CCCN(CC1CC1)CC1(CC(N)=S)CC1. The molecule has 0 bridgehead atoms. The summed E-state index contributed by atoms with van der Waals surface area (Å²) < 4.78 is 0. The van der Waals surface area contributed by atoms with Crippen molar-refractivity contribution in [3.8, 4) is 0 Å². The van der Waals surface area contributed by atoms with E-state index in [2.05, 4.69) is 11.8 Å². The molecule has 0 aromatic carbocycles. The Labute approximate surface area is 105 Å². The van der Waals surface area contributed by atoms with E-state index in [0.29, 0.717) is 10.4 Å². The van der Waals surface area contributed by atoms with Gasteiger partial charge in [0.05, 0.1) is 4.99 Å². The molecule has 0 radical (unpaired) electrons. The highest BCUT2D eigenvalue weighted by Crippen LogP contribution is 2.49. The molecule has 0 spiro atoms. The molecule has 3 heteroatoms. The van der Waals surface area contributed by atoms with Gasteiger partial charge in [0.2, 0.25) is 0 Å². The molecule has 16 heavy (non-hydrogen) atoms. The van der Waals surface area contributed by atoms with Crippen LogP contribution in [0.3, 0.4) is 0 Å². The summed E-state index contributed by atoms with van der Waals surface area (Å²) in [5, 5.41) is 0. The normalized spacial score (nSPS) is 22.4. The number of hydrogen-bond donors (Lipinski definition) is 1. The van der Waals surface area contributed by atoms with Crippen LogP contribution in [-0.2, 0) is 0 Å². The van der Waals surface area contributed by atoms with Crippen LogP contribution in [0.5, 0.6) is 0 Å². The van der Waals surface area contributed by atoms with Gasteiger partial charge in [0.1, 0.15) is 0 Å². The molecule has 0 unspecified atom stereocenters. The Morgan fingerprint density at radius 3 is 2.56 bits per heavy atom. The topological polar surface area (TPSA) is 29.3 Å². The Morgan fingerprint density at radius 2 is 2.12 bits per heavy atom. The minimum atomic E-state index is 0.468. The van der Waals surface area contributed by atoms with Gasteiger partial charge in [-0.1, -0.05) is 19.1 Å². The van der Waals surface area contributed by atoms with Crippen molar-refractivity contribution in [2.24, 2.45) is 17.1 Å². The molecule has 0 aromatic heterocycles. The fourth-order valence-electron chi connectivity index (χ4n) is 2.63. The second kappa shape index (κ2) is 5.01. The van der Waals surface area contributed by atoms with Crippen LogP contribution in [0.15, 0.2) is 0 Å². The first kappa shape index (κ1) is 12.3. The summed E-state index contributed by atoms with van der Waals surface area (Å²) in [7, 11) is 0. The lowest BCUT2D eigenvalue weighted by molar-refractivity contribution is 0.214. The van der Waals surface area contributed by atoms with Crippen molar-refractivity contribution in [3.05, 3.63) is 0 Å². The lowest BCUT2D eigenvalue weighted by Gasteiger charge is -2.27. The van der Waals surface area contributed by atoms with E-state index >= 15 is 0 Å². The maximum atomic E-state index is 5.69. The Balaban J connectivity index is 1.81. The smallest absolute Gasteiger partial charge is 0.0733 e. The Kier molecular flexibility index (Phi) is 3.85. The summed E-state index contributed by atoms with van der Waals surface area (Å²) in [4.78, 5) is 3.36. The minimum Gasteiger partial charge on any atom is -0.393 e. The highest BCUT2D eigenvalue weighted by Gasteiger charge is 2.44. The van der Waals surface area contributed by atoms with Crippen LogP contribution in [-0.4, -0.2) is 29.5 Å². The van der Waals surface area contributed by atoms with Gasteiger partial charge in [0.25, 0.3) is 0 Å². The molecule has 2 fully saturated rings. The van der Waals surface area contributed by atoms with Gasteiger partial charge in [0.15, 0.2) is 0 Å². The van der Waals surface area contributed by atoms with E-state index in [1.165, 1.54) is 51.7 Å². The number of thiocarbonyl (C=S) groups is 1. The molecule has 2 N–H and O–H groups in total. The number of hydrogen-bond acceptors (Lipinski definition) is 2. The predicted octanol–water partition coefficient (Wildman–Crippen LogP) is 2.56. The number of rotatable bonds is 8. The Bertz CT molecular complexity index is 257. The second-order valence-electron chi connectivity index (χ2n) is 5.82. The van der Waals surface area contributed by atoms with Crippen molar-refractivity contribution in [3.63, 3.8) is 0 Å². The van der Waals surface area contributed by atoms with Crippen LogP contribution >= 0.6 is 12.2 Å². The van der Waals surface area contributed by atoms with Gasteiger partial charge in [-0.05, 0) is 50.0 Å². The lowest BCUT2D eigenvalue weighted by Crippen LogP contribution is -2.34. The molecule has 2 saturated carbocycles. The number of nitrogens with zero attached hydrogens (tertiary/aromatic N) is 1. The van der Waals surface area contributed by atoms with Crippen molar-refractivity contribution < 1.29 is 0 Å². The van der Waals surface area contributed by atoms with Crippen molar-refractivity contribution in [1.29, 1.82) is 0 Å². The van der Waals surface area contributed by atoms with Crippen LogP contribution in [0.4, 0.5) is 0 Å². The standard InChI is InChI=1S/C13H24N2S/c1-2-7-15(9-11-3-4-11)10-13(5-6-13)8-12(14)16/h11H,2-10H2,1H3,(H2,14,16). The quantitative estimate of drug-likeness (QED) is 0.661. The fourth-order valence-corrected chi connectivity index (χ4v) is 2.93. The molecule has 0 atom stereocenters.